The summed E-state index contributed by atoms with van der Waals surface area (Å²) in [5.41, 5.74) is 1.65. The fraction of sp³-hybridized carbons (Fsp3) is 0.400. The van der Waals surface area contributed by atoms with Gasteiger partial charge in [-0.2, -0.15) is 0 Å². The van der Waals surface area contributed by atoms with Crippen molar-refractivity contribution in [2.45, 2.75) is 51.6 Å². The lowest BCUT2D eigenvalue weighted by Gasteiger charge is -2.21. The number of hydrogen-bond acceptors (Lipinski definition) is 6. The van der Waals surface area contributed by atoms with Crippen molar-refractivity contribution in [2.75, 3.05) is 6.54 Å². The Balaban J connectivity index is 1.70. The highest BCUT2D eigenvalue weighted by molar-refractivity contribution is 6.10. The van der Waals surface area contributed by atoms with E-state index in [1.165, 1.54) is 17.0 Å². The van der Waals surface area contributed by atoms with Crippen molar-refractivity contribution in [3.05, 3.63) is 35.7 Å². The molecule has 36 heavy (non-hydrogen) atoms. The van der Waals surface area contributed by atoms with Gasteiger partial charge in [0.2, 0.25) is 5.91 Å². The minimum Gasteiger partial charge on any atom is -0.508 e. The molecular formula is C25H28N4O7. The number of pyridine rings is 1. The number of aromatic hydroxyl groups is 1. The van der Waals surface area contributed by atoms with Crippen LogP contribution in [0.15, 0.2) is 24.3 Å². The molecular weight excluding hydrogens is 468 g/mol. The standard InChI is InChI=1S/C25H28N4O7/c1-12(2)21(25(35)36)28-23(32)18-11-15-14-10-13(30)5-6-16(14)27-22(15)17(26-18)7-8-20(31)29-9-3-4-19(29)24(33)34/h5-6,10-12,19,21,27,30H,3-4,7-9H2,1-2H3,(H,28,32)(H,33,34)(H,35,36). The Kier molecular flexibility index (Phi) is 6.82. The fourth-order valence-corrected chi connectivity index (χ4v) is 4.67. The van der Waals surface area contributed by atoms with Crippen LogP contribution in [0.4, 0.5) is 0 Å². The van der Waals surface area contributed by atoms with Gasteiger partial charge in [-0.25, -0.2) is 14.6 Å². The highest BCUT2D eigenvalue weighted by atomic mass is 16.4. The summed E-state index contributed by atoms with van der Waals surface area (Å²) in [5, 5.41) is 32.6. The minimum atomic E-state index is -1.17. The largest absolute Gasteiger partial charge is 0.508 e. The third-order valence-corrected chi connectivity index (χ3v) is 6.53. The lowest BCUT2D eigenvalue weighted by atomic mass is 10.0. The first-order valence-corrected chi connectivity index (χ1v) is 11.8. The number of aromatic nitrogens is 2. The number of aliphatic carboxylic acids is 2. The third kappa shape index (κ3) is 4.81. The summed E-state index contributed by atoms with van der Waals surface area (Å²) in [6.45, 7) is 3.73. The zero-order valence-electron chi connectivity index (χ0n) is 19.9. The van der Waals surface area contributed by atoms with E-state index in [0.29, 0.717) is 46.9 Å². The van der Waals surface area contributed by atoms with E-state index in [9.17, 15) is 34.5 Å². The average Bonchev–Trinajstić information content (AvgIpc) is 3.45. The first kappa shape index (κ1) is 25.0. The lowest BCUT2D eigenvalue weighted by Crippen LogP contribution is -2.44. The van der Waals surface area contributed by atoms with E-state index in [2.05, 4.69) is 15.3 Å². The SMILES string of the molecule is CC(C)C(NC(=O)c1cc2c([nH]c3ccc(O)cc32)c(CCC(=O)N2CCCC2C(=O)O)n1)C(=O)O. The number of phenolic OH excluding ortho intramolecular Hbond substituents is 1. The number of amides is 2. The van der Waals surface area contributed by atoms with Crippen LogP contribution in [0.2, 0.25) is 0 Å². The molecule has 1 aromatic carbocycles. The molecule has 0 saturated carbocycles. The van der Waals surface area contributed by atoms with Gasteiger partial charge >= 0.3 is 11.9 Å². The van der Waals surface area contributed by atoms with Crippen molar-refractivity contribution < 1.29 is 34.5 Å². The van der Waals surface area contributed by atoms with Gasteiger partial charge in [0.25, 0.3) is 5.91 Å². The zero-order valence-corrected chi connectivity index (χ0v) is 19.9. The Labute approximate surface area is 206 Å². The number of benzene rings is 1. The van der Waals surface area contributed by atoms with E-state index in [0.717, 1.165) is 0 Å². The summed E-state index contributed by atoms with van der Waals surface area (Å²) in [6, 6.07) is 4.30. The topological polar surface area (TPSA) is 173 Å². The van der Waals surface area contributed by atoms with Gasteiger partial charge in [0.05, 0.1) is 11.2 Å². The molecule has 11 heteroatoms. The number of hydrogen-bond donors (Lipinski definition) is 5. The molecule has 2 atom stereocenters. The molecule has 0 bridgehead atoms. The number of aromatic amines is 1. The number of carboxylic acids is 2. The summed E-state index contributed by atoms with van der Waals surface area (Å²) < 4.78 is 0. The average molecular weight is 497 g/mol. The predicted molar refractivity (Wildman–Crippen MR) is 130 cm³/mol. The molecule has 0 radical (unpaired) electrons. The second-order valence-electron chi connectivity index (χ2n) is 9.35. The van der Waals surface area contributed by atoms with Gasteiger partial charge in [0.1, 0.15) is 23.5 Å². The van der Waals surface area contributed by atoms with Gasteiger partial charge in [0.15, 0.2) is 0 Å². The maximum atomic E-state index is 13.0. The number of carbonyl (C=O) groups is 4. The number of fused-ring (bicyclic) bond motifs is 3. The number of likely N-dealkylation sites (tertiary alicyclic amines) is 1. The highest BCUT2D eigenvalue weighted by Gasteiger charge is 2.33. The Morgan fingerprint density at radius 1 is 1.17 bits per heavy atom. The van der Waals surface area contributed by atoms with Crippen LogP contribution in [-0.2, 0) is 20.8 Å². The van der Waals surface area contributed by atoms with Crippen molar-refractivity contribution in [3.63, 3.8) is 0 Å². The smallest absolute Gasteiger partial charge is 0.326 e. The van der Waals surface area contributed by atoms with Crippen LogP contribution in [0.25, 0.3) is 21.8 Å². The highest BCUT2D eigenvalue weighted by Crippen LogP contribution is 2.31. The first-order chi connectivity index (χ1) is 17.1. The fourth-order valence-electron chi connectivity index (χ4n) is 4.67. The third-order valence-electron chi connectivity index (χ3n) is 6.53. The quantitative estimate of drug-likeness (QED) is 0.316. The lowest BCUT2D eigenvalue weighted by molar-refractivity contribution is -0.148. The van der Waals surface area contributed by atoms with Gasteiger partial charge in [0, 0.05) is 35.7 Å². The summed E-state index contributed by atoms with van der Waals surface area (Å²) in [5.74, 6) is -3.52. The first-order valence-electron chi connectivity index (χ1n) is 11.8. The van der Waals surface area contributed by atoms with Crippen LogP contribution < -0.4 is 5.32 Å². The Morgan fingerprint density at radius 3 is 2.58 bits per heavy atom. The molecule has 5 N–H and O–H groups in total. The monoisotopic (exact) mass is 496 g/mol. The second-order valence-corrected chi connectivity index (χ2v) is 9.35. The van der Waals surface area contributed by atoms with Gasteiger partial charge in [-0.05, 0) is 43.0 Å². The molecule has 1 saturated heterocycles. The maximum Gasteiger partial charge on any atom is 0.326 e. The summed E-state index contributed by atoms with van der Waals surface area (Å²) in [6.07, 6.45) is 1.14. The number of rotatable bonds is 8. The number of nitrogens with zero attached hydrogens (tertiary/aromatic N) is 2. The summed E-state index contributed by atoms with van der Waals surface area (Å²) in [7, 11) is 0. The van der Waals surface area contributed by atoms with Crippen LogP contribution in [0.5, 0.6) is 5.75 Å². The van der Waals surface area contributed by atoms with E-state index in [1.54, 1.807) is 26.0 Å². The van der Waals surface area contributed by atoms with E-state index in [1.807, 2.05) is 0 Å². The second kappa shape index (κ2) is 9.84. The van der Waals surface area contributed by atoms with Gasteiger partial charge < -0.3 is 30.5 Å². The molecule has 3 heterocycles. The van der Waals surface area contributed by atoms with E-state index in [-0.39, 0.29) is 36.1 Å². The van der Waals surface area contributed by atoms with Crippen molar-refractivity contribution in [1.29, 1.82) is 0 Å². The summed E-state index contributed by atoms with van der Waals surface area (Å²) in [4.78, 5) is 58.0. The number of carbonyl (C=O) groups excluding carboxylic acids is 2. The molecule has 0 aliphatic carbocycles. The van der Waals surface area contributed by atoms with E-state index >= 15 is 0 Å². The Morgan fingerprint density at radius 2 is 1.92 bits per heavy atom. The number of nitrogens with one attached hydrogen (secondary N) is 2. The van der Waals surface area contributed by atoms with Gasteiger partial charge in [-0.1, -0.05) is 13.8 Å². The molecule has 4 rings (SSSR count). The molecule has 1 fully saturated rings. The van der Waals surface area contributed by atoms with Crippen LogP contribution in [0.3, 0.4) is 0 Å². The molecule has 2 unspecified atom stereocenters. The van der Waals surface area contributed by atoms with Crippen molar-refractivity contribution in [2.24, 2.45) is 5.92 Å². The van der Waals surface area contributed by atoms with Gasteiger partial charge in [-0.3, -0.25) is 9.59 Å². The zero-order chi connectivity index (χ0) is 26.1. The molecule has 0 spiro atoms. The van der Waals surface area contributed by atoms with Crippen molar-refractivity contribution >= 4 is 45.6 Å². The Hall–Kier alpha value is -4.15. The molecule has 2 amide bonds. The number of H-pyrrole nitrogens is 1. The van der Waals surface area contributed by atoms with Crippen LogP contribution in [0, 0.1) is 5.92 Å². The molecule has 2 aromatic heterocycles. The maximum absolute atomic E-state index is 13.0. The molecule has 11 nitrogen and oxygen atoms in total. The van der Waals surface area contributed by atoms with Crippen molar-refractivity contribution in [3.8, 4) is 5.75 Å². The molecule has 1 aliphatic rings. The normalized spacial score (nSPS) is 16.5. The van der Waals surface area contributed by atoms with E-state index in [4.69, 9.17) is 0 Å². The number of aryl methyl sites for hydroxylation is 1. The minimum absolute atomic E-state index is 0.0126. The molecule has 1 aliphatic heterocycles. The van der Waals surface area contributed by atoms with Gasteiger partial charge in [-0.15, -0.1) is 0 Å². The van der Waals surface area contributed by atoms with Crippen LogP contribution >= 0.6 is 0 Å². The molecule has 190 valence electrons. The predicted octanol–water partition coefficient (Wildman–Crippen LogP) is 2.27. The number of carboxylic acid groups (broad SMARTS) is 2. The Bertz CT molecular complexity index is 1360. The van der Waals surface area contributed by atoms with Crippen LogP contribution in [-0.4, -0.2) is 72.6 Å². The summed E-state index contributed by atoms with van der Waals surface area (Å²) >= 11 is 0. The van der Waals surface area contributed by atoms with Crippen molar-refractivity contribution in [1.82, 2.24) is 20.2 Å². The molecule has 3 aromatic rings. The van der Waals surface area contributed by atoms with Crippen LogP contribution in [0.1, 0.15) is 49.3 Å². The number of phenols is 1. The van der Waals surface area contributed by atoms with E-state index < -0.39 is 29.9 Å².